The highest BCUT2D eigenvalue weighted by atomic mass is 19.4. The van der Waals surface area contributed by atoms with E-state index in [1.807, 2.05) is 0 Å². The first-order chi connectivity index (χ1) is 9.61. The third-order valence-electron chi connectivity index (χ3n) is 2.68. The number of carboxylic acid groups (broad SMARTS) is 1. The molecule has 0 spiro atoms. The monoisotopic (exact) mass is 305 g/mol. The normalized spacial score (nSPS) is 14.3. The molecule has 0 saturated heterocycles. The highest BCUT2D eigenvalue weighted by molar-refractivity contribution is 5.85. The van der Waals surface area contributed by atoms with Crippen LogP contribution in [0.2, 0.25) is 0 Å². The molecule has 1 rings (SSSR count). The minimum Gasteiger partial charge on any atom is -0.480 e. The average Bonchev–Trinajstić information content (AvgIpc) is 2.34. The number of amides is 1. The summed E-state index contributed by atoms with van der Waals surface area (Å²) in [7, 11) is 0. The van der Waals surface area contributed by atoms with Gasteiger partial charge in [-0.05, 0) is 18.6 Å². The molecule has 0 aliphatic carbocycles. The molecule has 0 radical (unpaired) electrons. The van der Waals surface area contributed by atoms with E-state index >= 15 is 0 Å². The van der Waals surface area contributed by atoms with Crippen molar-refractivity contribution >= 4 is 11.9 Å². The van der Waals surface area contributed by atoms with Crippen LogP contribution in [0.3, 0.4) is 0 Å². The molecule has 1 amide bonds. The molecule has 0 saturated carbocycles. The number of aliphatic carboxylic acids is 1. The van der Waals surface area contributed by atoms with Crippen LogP contribution in [0.25, 0.3) is 0 Å². The summed E-state index contributed by atoms with van der Waals surface area (Å²) in [5, 5.41) is 20.0. The summed E-state index contributed by atoms with van der Waals surface area (Å²) in [5.41, 5.74) is -0.796. The van der Waals surface area contributed by atoms with Gasteiger partial charge in [-0.3, -0.25) is 4.79 Å². The van der Waals surface area contributed by atoms with Crippen molar-refractivity contribution < 1.29 is 33.0 Å². The van der Waals surface area contributed by atoms with Crippen LogP contribution >= 0.6 is 0 Å². The number of carbonyl (C=O) groups excluding carboxylic acids is 1. The van der Waals surface area contributed by atoms with Gasteiger partial charge < -0.3 is 15.5 Å². The zero-order valence-electron chi connectivity index (χ0n) is 11.0. The Kier molecular flexibility index (Phi) is 5.31. The minimum absolute atomic E-state index is 0.0945. The van der Waals surface area contributed by atoms with Crippen LogP contribution in [-0.4, -0.2) is 34.2 Å². The molecule has 0 aromatic heterocycles. The van der Waals surface area contributed by atoms with Gasteiger partial charge in [-0.15, -0.1) is 0 Å². The second kappa shape index (κ2) is 6.57. The van der Waals surface area contributed by atoms with E-state index in [1.54, 1.807) is 0 Å². The molecule has 0 heterocycles. The molecule has 0 bridgehead atoms. The van der Waals surface area contributed by atoms with Crippen LogP contribution in [0.1, 0.15) is 18.1 Å². The third kappa shape index (κ3) is 5.07. The van der Waals surface area contributed by atoms with Crippen molar-refractivity contribution in [3.63, 3.8) is 0 Å². The number of aliphatic hydroxyl groups excluding tert-OH is 1. The molecule has 8 heteroatoms. The summed E-state index contributed by atoms with van der Waals surface area (Å²) in [4.78, 5) is 22.4. The fraction of sp³-hybridized carbons (Fsp3) is 0.385. The maximum absolute atomic E-state index is 12.5. The SMILES string of the molecule is C[C@@H](O)[C@H](NC(=O)Cc1cccc(C(F)(F)F)c1)C(=O)O. The van der Waals surface area contributed by atoms with E-state index in [9.17, 15) is 27.9 Å². The van der Waals surface area contributed by atoms with Gasteiger partial charge in [0.25, 0.3) is 0 Å². The maximum Gasteiger partial charge on any atom is 0.416 e. The number of hydrogen-bond acceptors (Lipinski definition) is 3. The van der Waals surface area contributed by atoms with Crippen LogP contribution in [0.5, 0.6) is 0 Å². The lowest BCUT2D eigenvalue weighted by Crippen LogP contribution is -2.48. The number of benzene rings is 1. The Balaban J connectivity index is 2.77. The zero-order valence-corrected chi connectivity index (χ0v) is 11.0. The predicted molar refractivity (Wildman–Crippen MR) is 66.4 cm³/mol. The molecule has 116 valence electrons. The van der Waals surface area contributed by atoms with E-state index in [2.05, 4.69) is 5.32 Å². The molecule has 0 aliphatic heterocycles. The smallest absolute Gasteiger partial charge is 0.416 e. The van der Waals surface area contributed by atoms with Crippen molar-refractivity contribution in [1.29, 1.82) is 0 Å². The van der Waals surface area contributed by atoms with E-state index in [4.69, 9.17) is 5.11 Å². The van der Waals surface area contributed by atoms with Crippen molar-refractivity contribution in [3.8, 4) is 0 Å². The third-order valence-corrected chi connectivity index (χ3v) is 2.68. The molecule has 2 atom stereocenters. The Labute approximate surface area is 118 Å². The summed E-state index contributed by atoms with van der Waals surface area (Å²) in [6.45, 7) is 1.18. The van der Waals surface area contributed by atoms with Gasteiger partial charge in [-0.1, -0.05) is 18.2 Å². The predicted octanol–water partition coefficient (Wildman–Crippen LogP) is 1.20. The largest absolute Gasteiger partial charge is 0.480 e. The van der Waals surface area contributed by atoms with Gasteiger partial charge in [-0.2, -0.15) is 13.2 Å². The fourth-order valence-electron chi connectivity index (χ4n) is 1.66. The zero-order chi connectivity index (χ0) is 16.2. The molecule has 1 aromatic rings. The summed E-state index contributed by atoms with van der Waals surface area (Å²) in [6, 6.07) is 2.67. The van der Waals surface area contributed by atoms with Crippen molar-refractivity contribution in [2.75, 3.05) is 0 Å². The van der Waals surface area contributed by atoms with Crippen molar-refractivity contribution in [1.82, 2.24) is 5.32 Å². The Morgan fingerprint density at radius 2 is 1.95 bits per heavy atom. The highest BCUT2D eigenvalue weighted by Gasteiger charge is 2.30. The van der Waals surface area contributed by atoms with Crippen LogP contribution < -0.4 is 5.32 Å². The van der Waals surface area contributed by atoms with Gasteiger partial charge >= 0.3 is 12.1 Å². The lowest BCUT2D eigenvalue weighted by molar-refractivity contribution is -0.144. The number of alkyl halides is 3. The van der Waals surface area contributed by atoms with Crippen LogP contribution in [0.4, 0.5) is 13.2 Å². The molecular formula is C13H14F3NO4. The average molecular weight is 305 g/mol. The van der Waals surface area contributed by atoms with Crippen LogP contribution in [-0.2, 0) is 22.2 Å². The van der Waals surface area contributed by atoms with Crippen molar-refractivity contribution in [2.24, 2.45) is 0 Å². The number of nitrogens with one attached hydrogen (secondary N) is 1. The van der Waals surface area contributed by atoms with Gasteiger partial charge in [0.15, 0.2) is 6.04 Å². The lowest BCUT2D eigenvalue weighted by atomic mass is 10.1. The topological polar surface area (TPSA) is 86.6 Å². The number of carboxylic acids is 1. The number of rotatable bonds is 5. The minimum atomic E-state index is -4.52. The molecule has 5 nitrogen and oxygen atoms in total. The maximum atomic E-state index is 12.5. The highest BCUT2D eigenvalue weighted by Crippen LogP contribution is 2.29. The first-order valence-electron chi connectivity index (χ1n) is 5.97. The first kappa shape index (κ1) is 17.0. The van der Waals surface area contributed by atoms with E-state index in [1.165, 1.54) is 13.0 Å². The second-order valence-corrected chi connectivity index (χ2v) is 4.50. The molecule has 0 fully saturated rings. The van der Waals surface area contributed by atoms with Gasteiger partial charge in [0.05, 0.1) is 18.1 Å². The van der Waals surface area contributed by atoms with E-state index in [0.717, 1.165) is 18.2 Å². The summed E-state index contributed by atoms with van der Waals surface area (Å²) in [5.74, 6) is -2.22. The first-order valence-corrected chi connectivity index (χ1v) is 5.97. The number of hydrogen-bond donors (Lipinski definition) is 3. The lowest BCUT2D eigenvalue weighted by Gasteiger charge is -2.17. The number of carbonyl (C=O) groups is 2. The van der Waals surface area contributed by atoms with E-state index in [-0.39, 0.29) is 5.56 Å². The second-order valence-electron chi connectivity index (χ2n) is 4.50. The van der Waals surface area contributed by atoms with Gasteiger partial charge in [0.1, 0.15) is 0 Å². The van der Waals surface area contributed by atoms with Gasteiger partial charge in [0.2, 0.25) is 5.91 Å². The Morgan fingerprint density at radius 1 is 1.33 bits per heavy atom. The summed E-state index contributed by atoms with van der Waals surface area (Å²) < 4.78 is 37.5. The van der Waals surface area contributed by atoms with E-state index in [0.29, 0.717) is 0 Å². The van der Waals surface area contributed by atoms with Crippen LogP contribution in [0, 0.1) is 0 Å². The summed E-state index contributed by atoms with van der Waals surface area (Å²) >= 11 is 0. The Hall–Kier alpha value is -2.09. The quantitative estimate of drug-likeness (QED) is 0.763. The number of aliphatic hydroxyl groups is 1. The van der Waals surface area contributed by atoms with E-state index < -0.39 is 42.2 Å². The van der Waals surface area contributed by atoms with Gasteiger partial charge in [0, 0.05) is 0 Å². The molecule has 0 unspecified atom stereocenters. The van der Waals surface area contributed by atoms with Crippen molar-refractivity contribution in [3.05, 3.63) is 35.4 Å². The molecule has 3 N–H and O–H groups in total. The molecular weight excluding hydrogens is 291 g/mol. The summed E-state index contributed by atoms with van der Waals surface area (Å²) in [6.07, 6.45) is -6.26. The Morgan fingerprint density at radius 3 is 2.43 bits per heavy atom. The van der Waals surface area contributed by atoms with Crippen LogP contribution in [0.15, 0.2) is 24.3 Å². The standard InChI is InChI=1S/C13H14F3NO4/c1-7(18)11(12(20)21)17-10(19)6-8-3-2-4-9(5-8)13(14,15)16/h2-5,7,11,18H,6H2,1H3,(H,17,19)(H,20,21)/t7-,11+/m1/s1. The molecule has 0 aliphatic rings. The Bertz CT molecular complexity index is 528. The fourth-order valence-corrected chi connectivity index (χ4v) is 1.66. The van der Waals surface area contributed by atoms with Crippen molar-refractivity contribution in [2.45, 2.75) is 31.7 Å². The number of halogens is 3. The van der Waals surface area contributed by atoms with Gasteiger partial charge in [-0.25, -0.2) is 4.79 Å². The molecule has 1 aromatic carbocycles. The molecule has 21 heavy (non-hydrogen) atoms.